The Labute approximate surface area is 118 Å². The molecule has 0 saturated heterocycles. The first-order valence-electron chi connectivity index (χ1n) is 6.24. The van der Waals surface area contributed by atoms with Gasteiger partial charge in [0.05, 0.1) is 0 Å². The molecule has 0 fully saturated rings. The predicted molar refractivity (Wildman–Crippen MR) is 79.6 cm³/mol. The third kappa shape index (κ3) is 3.03. The van der Waals surface area contributed by atoms with Gasteiger partial charge in [0.25, 0.3) is 5.91 Å². The zero-order valence-corrected chi connectivity index (χ0v) is 11.5. The third-order valence-electron chi connectivity index (χ3n) is 2.98. The summed E-state index contributed by atoms with van der Waals surface area (Å²) in [5.74, 6) is -0.0120. The van der Waals surface area contributed by atoms with E-state index in [0.29, 0.717) is 12.0 Å². The SMILES string of the molecule is CN(C)C(=O)c1ccc(-c2ccc(NC=O)cc2)cc1. The first-order valence-corrected chi connectivity index (χ1v) is 6.24. The molecule has 4 nitrogen and oxygen atoms in total. The minimum Gasteiger partial charge on any atom is -0.345 e. The molecule has 0 aliphatic rings. The van der Waals surface area contributed by atoms with E-state index >= 15 is 0 Å². The molecule has 2 rings (SSSR count). The summed E-state index contributed by atoms with van der Waals surface area (Å²) in [5.41, 5.74) is 3.48. The van der Waals surface area contributed by atoms with E-state index in [1.165, 1.54) is 0 Å². The minimum absolute atomic E-state index is 0.0120. The smallest absolute Gasteiger partial charge is 0.253 e. The predicted octanol–water partition coefficient (Wildman–Crippen LogP) is 2.62. The summed E-state index contributed by atoms with van der Waals surface area (Å²) in [6, 6.07) is 15.0. The fourth-order valence-electron chi connectivity index (χ4n) is 1.89. The molecule has 4 heteroatoms. The van der Waals surface area contributed by atoms with Crippen LogP contribution in [0.4, 0.5) is 5.69 Å². The number of rotatable bonds is 4. The lowest BCUT2D eigenvalue weighted by atomic mass is 10.0. The molecule has 0 bridgehead atoms. The van der Waals surface area contributed by atoms with Crippen LogP contribution in [0.25, 0.3) is 11.1 Å². The van der Waals surface area contributed by atoms with E-state index in [-0.39, 0.29) is 5.91 Å². The number of carbonyl (C=O) groups excluding carboxylic acids is 2. The van der Waals surface area contributed by atoms with Crippen LogP contribution >= 0.6 is 0 Å². The van der Waals surface area contributed by atoms with Gasteiger partial charge in [-0.05, 0) is 35.4 Å². The highest BCUT2D eigenvalue weighted by molar-refractivity contribution is 5.94. The fourth-order valence-corrected chi connectivity index (χ4v) is 1.89. The van der Waals surface area contributed by atoms with Crippen molar-refractivity contribution in [2.24, 2.45) is 0 Å². The summed E-state index contributed by atoms with van der Waals surface area (Å²) >= 11 is 0. The van der Waals surface area contributed by atoms with Crippen LogP contribution in [0.15, 0.2) is 48.5 Å². The molecule has 2 amide bonds. The van der Waals surface area contributed by atoms with Crippen LogP contribution in [-0.4, -0.2) is 31.3 Å². The van der Waals surface area contributed by atoms with E-state index in [9.17, 15) is 9.59 Å². The highest BCUT2D eigenvalue weighted by atomic mass is 16.2. The number of carbonyl (C=O) groups is 2. The van der Waals surface area contributed by atoms with E-state index in [2.05, 4.69) is 5.32 Å². The normalized spacial score (nSPS) is 9.90. The maximum absolute atomic E-state index is 11.8. The molecule has 0 aromatic heterocycles. The van der Waals surface area contributed by atoms with Crippen LogP contribution in [0, 0.1) is 0 Å². The lowest BCUT2D eigenvalue weighted by molar-refractivity contribution is -0.105. The Morgan fingerprint density at radius 1 is 0.950 bits per heavy atom. The minimum atomic E-state index is -0.0120. The average Bonchev–Trinajstić information content (AvgIpc) is 2.48. The van der Waals surface area contributed by atoms with Crippen LogP contribution in [0.5, 0.6) is 0 Å². The van der Waals surface area contributed by atoms with E-state index in [1.807, 2.05) is 48.5 Å². The third-order valence-corrected chi connectivity index (χ3v) is 2.98. The lowest BCUT2D eigenvalue weighted by Gasteiger charge is -2.10. The van der Waals surface area contributed by atoms with Gasteiger partial charge in [-0.1, -0.05) is 24.3 Å². The molecule has 102 valence electrons. The van der Waals surface area contributed by atoms with Gasteiger partial charge in [-0.15, -0.1) is 0 Å². The van der Waals surface area contributed by atoms with Crippen molar-refractivity contribution < 1.29 is 9.59 Å². The summed E-state index contributed by atoms with van der Waals surface area (Å²) in [6.45, 7) is 0. The van der Waals surface area contributed by atoms with E-state index in [1.54, 1.807) is 19.0 Å². The number of anilines is 1. The molecule has 2 aromatic carbocycles. The quantitative estimate of drug-likeness (QED) is 0.867. The molecule has 1 N–H and O–H groups in total. The number of hydrogen-bond acceptors (Lipinski definition) is 2. The summed E-state index contributed by atoms with van der Waals surface area (Å²) in [4.78, 5) is 23.7. The van der Waals surface area contributed by atoms with Crippen molar-refractivity contribution >= 4 is 18.0 Å². The number of benzene rings is 2. The van der Waals surface area contributed by atoms with Crippen LogP contribution in [0.2, 0.25) is 0 Å². The molecule has 0 spiro atoms. The van der Waals surface area contributed by atoms with Gasteiger partial charge in [-0.2, -0.15) is 0 Å². The van der Waals surface area contributed by atoms with E-state index in [0.717, 1.165) is 16.8 Å². The molecule has 0 heterocycles. The Balaban J connectivity index is 2.21. The topological polar surface area (TPSA) is 49.4 Å². The average molecular weight is 268 g/mol. The van der Waals surface area contributed by atoms with Crippen molar-refractivity contribution in [2.75, 3.05) is 19.4 Å². The summed E-state index contributed by atoms with van der Waals surface area (Å²) < 4.78 is 0. The maximum Gasteiger partial charge on any atom is 0.253 e. The maximum atomic E-state index is 11.8. The molecule has 0 unspecified atom stereocenters. The Bertz CT molecular complexity index is 601. The summed E-state index contributed by atoms with van der Waals surface area (Å²) in [5, 5.41) is 2.59. The van der Waals surface area contributed by atoms with Crippen molar-refractivity contribution in [2.45, 2.75) is 0 Å². The van der Waals surface area contributed by atoms with Crippen molar-refractivity contribution in [1.29, 1.82) is 0 Å². The first-order chi connectivity index (χ1) is 9.61. The van der Waals surface area contributed by atoms with Gasteiger partial charge >= 0.3 is 0 Å². The van der Waals surface area contributed by atoms with Crippen molar-refractivity contribution in [3.8, 4) is 11.1 Å². The van der Waals surface area contributed by atoms with Crippen LogP contribution < -0.4 is 5.32 Å². The lowest BCUT2D eigenvalue weighted by Crippen LogP contribution is -2.21. The van der Waals surface area contributed by atoms with Gasteiger partial charge in [0.15, 0.2) is 0 Å². The van der Waals surface area contributed by atoms with Gasteiger partial charge in [0.1, 0.15) is 0 Å². The monoisotopic (exact) mass is 268 g/mol. The number of hydrogen-bond donors (Lipinski definition) is 1. The summed E-state index contributed by atoms with van der Waals surface area (Å²) in [7, 11) is 3.46. The molecule has 0 saturated carbocycles. The number of amides is 2. The second kappa shape index (κ2) is 6.02. The zero-order valence-electron chi connectivity index (χ0n) is 11.5. The molecule has 0 aliphatic heterocycles. The second-order valence-corrected chi connectivity index (χ2v) is 4.62. The van der Waals surface area contributed by atoms with E-state index < -0.39 is 0 Å². The van der Waals surface area contributed by atoms with E-state index in [4.69, 9.17) is 0 Å². The highest BCUT2D eigenvalue weighted by Crippen LogP contribution is 2.22. The first kappa shape index (κ1) is 13.8. The van der Waals surface area contributed by atoms with Crippen LogP contribution in [0.1, 0.15) is 10.4 Å². The zero-order chi connectivity index (χ0) is 14.5. The van der Waals surface area contributed by atoms with Gasteiger partial charge < -0.3 is 10.2 Å². The Morgan fingerprint density at radius 3 is 1.90 bits per heavy atom. The second-order valence-electron chi connectivity index (χ2n) is 4.62. The molecule has 0 radical (unpaired) electrons. The Hall–Kier alpha value is -2.62. The molecule has 20 heavy (non-hydrogen) atoms. The fraction of sp³-hybridized carbons (Fsp3) is 0.125. The van der Waals surface area contributed by atoms with Gasteiger partial charge in [-0.3, -0.25) is 9.59 Å². The van der Waals surface area contributed by atoms with Gasteiger partial charge in [-0.25, -0.2) is 0 Å². The van der Waals surface area contributed by atoms with Crippen LogP contribution in [-0.2, 0) is 4.79 Å². The Kier molecular flexibility index (Phi) is 4.15. The van der Waals surface area contributed by atoms with Gasteiger partial charge in [0.2, 0.25) is 6.41 Å². The number of nitrogens with one attached hydrogen (secondary N) is 1. The van der Waals surface area contributed by atoms with Crippen LogP contribution in [0.3, 0.4) is 0 Å². The molecule has 2 aromatic rings. The number of nitrogens with zero attached hydrogens (tertiary/aromatic N) is 1. The van der Waals surface area contributed by atoms with Crippen molar-refractivity contribution in [1.82, 2.24) is 4.90 Å². The molecule has 0 atom stereocenters. The van der Waals surface area contributed by atoms with Crippen molar-refractivity contribution in [3.05, 3.63) is 54.1 Å². The van der Waals surface area contributed by atoms with Crippen molar-refractivity contribution in [3.63, 3.8) is 0 Å². The molecular weight excluding hydrogens is 252 g/mol. The molecular formula is C16H16N2O2. The largest absolute Gasteiger partial charge is 0.345 e. The molecule has 0 aliphatic carbocycles. The van der Waals surface area contributed by atoms with Gasteiger partial charge in [0, 0.05) is 25.3 Å². The highest BCUT2D eigenvalue weighted by Gasteiger charge is 2.07. The standard InChI is InChI=1S/C16H16N2O2/c1-18(2)16(20)14-5-3-12(4-6-14)13-7-9-15(10-8-13)17-11-19/h3-11H,1-2H3,(H,17,19). The summed E-state index contributed by atoms with van der Waals surface area (Å²) in [6.07, 6.45) is 0.649. The Morgan fingerprint density at radius 2 is 1.45 bits per heavy atom.